The molecule has 0 aliphatic rings. The van der Waals surface area contributed by atoms with Crippen LogP contribution < -0.4 is 4.72 Å². The van der Waals surface area contributed by atoms with Gasteiger partial charge in [-0.25, -0.2) is 22.5 Å². The minimum Gasteiger partial charge on any atom is -0.280 e. The first-order chi connectivity index (χ1) is 11.0. The lowest BCUT2D eigenvalue weighted by Crippen LogP contribution is -2.14. The molecule has 1 N–H and O–H groups in total. The topological polar surface area (TPSA) is 76.9 Å². The maximum absolute atomic E-state index is 13.6. The van der Waals surface area contributed by atoms with Crippen LogP contribution in [0.3, 0.4) is 0 Å². The van der Waals surface area contributed by atoms with Crippen LogP contribution in [0.4, 0.5) is 10.1 Å². The van der Waals surface area contributed by atoms with E-state index in [1.165, 1.54) is 24.5 Å². The van der Waals surface area contributed by atoms with Crippen molar-refractivity contribution in [1.29, 1.82) is 0 Å². The van der Waals surface area contributed by atoms with E-state index in [0.717, 1.165) is 11.6 Å². The van der Waals surface area contributed by atoms with Gasteiger partial charge in [-0.2, -0.15) is 5.10 Å². The third-order valence-corrected chi connectivity index (χ3v) is 4.56. The first-order valence-corrected chi connectivity index (χ1v) is 8.22. The fourth-order valence-corrected chi connectivity index (χ4v) is 3.19. The number of anilines is 1. The van der Waals surface area contributed by atoms with Gasteiger partial charge in [0.1, 0.15) is 23.4 Å². The van der Waals surface area contributed by atoms with Crippen LogP contribution in [0.2, 0.25) is 0 Å². The third-order valence-electron chi connectivity index (χ3n) is 3.14. The van der Waals surface area contributed by atoms with E-state index in [9.17, 15) is 12.8 Å². The van der Waals surface area contributed by atoms with Crippen molar-refractivity contribution in [2.24, 2.45) is 0 Å². The maximum Gasteiger partial charge on any atom is 0.264 e. The molecule has 3 rings (SSSR count). The molecule has 3 aromatic rings. The van der Waals surface area contributed by atoms with Gasteiger partial charge in [0, 0.05) is 5.69 Å². The molecule has 0 aliphatic carbocycles. The summed E-state index contributed by atoms with van der Waals surface area (Å²) in [5, 5.41) is 4.00. The normalized spacial score (nSPS) is 11.3. The highest BCUT2D eigenvalue weighted by Gasteiger charge is 2.18. The average Bonchev–Trinajstić information content (AvgIpc) is 3.02. The molecule has 0 spiro atoms. The van der Waals surface area contributed by atoms with Gasteiger partial charge in [0.15, 0.2) is 0 Å². The minimum atomic E-state index is -3.96. The van der Waals surface area contributed by atoms with Gasteiger partial charge in [-0.15, -0.1) is 0 Å². The third kappa shape index (κ3) is 3.54. The predicted molar refractivity (Wildman–Crippen MR) is 82.8 cm³/mol. The molecule has 0 aliphatic heterocycles. The Bertz CT molecular complexity index is 893. The SMILES string of the molecule is O=S(=O)(Nc1ccc(Cn2cncn2)cc1)c1ccccc1F. The number of hydrogen-bond donors (Lipinski definition) is 1. The largest absolute Gasteiger partial charge is 0.280 e. The molecule has 2 aromatic carbocycles. The van der Waals surface area contributed by atoms with E-state index in [0.29, 0.717) is 12.2 Å². The molecule has 0 radical (unpaired) electrons. The molecular formula is C15H13FN4O2S. The molecule has 6 nitrogen and oxygen atoms in total. The minimum absolute atomic E-state index is 0.357. The van der Waals surface area contributed by atoms with Crippen LogP contribution >= 0.6 is 0 Å². The van der Waals surface area contributed by atoms with Crippen LogP contribution in [0.5, 0.6) is 0 Å². The summed E-state index contributed by atoms with van der Waals surface area (Å²) in [5.41, 5.74) is 1.29. The zero-order chi connectivity index (χ0) is 16.3. The number of aromatic nitrogens is 3. The van der Waals surface area contributed by atoms with Crippen LogP contribution in [0, 0.1) is 5.82 Å². The Morgan fingerprint density at radius 2 is 1.83 bits per heavy atom. The Morgan fingerprint density at radius 3 is 2.48 bits per heavy atom. The molecular weight excluding hydrogens is 319 g/mol. The van der Waals surface area contributed by atoms with E-state index >= 15 is 0 Å². The Labute approximate surface area is 132 Å². The highest BCUT2D eigenvalue weighted by Crippen LogP contribution is 2.19. The molecule has 0 saturated carbocycles. The number of rotatable bonds is 5. The van der Waals surface area contributed by atoms with Gasteiger partial charge in [-0.1, -0.05) is 24.3 Å². The highest BCUT2D eigenvalue weighted by atomic mass is 32.2. The Morgan fingerprint density at radius 1 is 1.09 bits per heavy atom. The molecule has 1 aromatic heterocycles. The molecule has 0 amide bonds. The molecule has 0 saturated heterocycles. The van der Waals surface area contributed by atoms with E-state index < -0.39 is 15.8 Å². The summed E-state index contributed by atoms with van der Waals surface area (Å²) in [6.45, 7) is 0.528. The van der Waals surface area contributed by atoms with Crippen molar-refractivity contribution in [3.8, 4) is 0 Å². The maximum atomic E-state index is 13.6. The predicted octanol–water partition coefficient (Wildman–Crippen LogP) is 2.27. The van der Waals surface area contributed by atoms with Crippen molar-refractivity contribution < 1.29 is 12.8 Å². The van der Waals surface area contributed by atoms with Gasteiger partial charge < -0.3 is 0 Å². The lowest BCUT2D eigenvalue weighted by molar-refractivity contribution is 0.570. The quantitative estimate of drug-likeness (QED) is 0.777. The smallest absolute Gasteiger partial charge is 0.264 e. The van der Waals surface area contributed by atoms with E-state index in [4.69, 9.17) is 0 Å². The van der Waals surface area contributed by atoms with Gasteiger partial charge in [-0.3, -0.25) is 4.72 Å². The summed E-state index contributed by atoms with van der Waals surface area (Å²) in [5.74, 6) is -0.789. The Hall–Kier alpha value is -2.74. The lowest BCUT2D eigenvalue weighted by Gasteiger charge is -2.09. The van der Waals surface area contributed by atoms with Crippen molar-refractivity contribution in [2.75, 3.05) is 4.72 Å². The second-order valence-corrected chi connectivity index (χ2v) is 6.48. The molecule has 0 atom stereocenters. The molecule has 0 fully saturated rings. The fraction of sp³-hybridized carbons (Fsp3) is 0.0667. The summed E-state index contributed by atoms with van der Waals surface area (Å²) in [7, 11) is -3.96. The van der Waals surface area contributed by atoms with Crippen molar-refractivity contribution in [3.05, 3.63) is 72.6 Å². The summed E-state index contributed by atoms with van der Waals surface area (Å²) in [6.07, 6.45) is 3.03. The monoisotopic (exact) mass is 332 g/mol. The van der Waals surface area contributed by atoms with Crippen LogP contribution in [0.15, 0.2) is 66.1 Å². The van der Waals surface area contributed by atoms with E-state index in [1.54, 1.807) is 35.3 Å². The van der Waals surface area contributed by atoms with Crippen molar-refractivity contribution in [2.45, 2.75) is 11.4 Å². The fourth-order valence-electron chi connectivity index (χ4n) is 2.05. The number of benzene rings is 2. The van der Waals surface area contributed by atoms with Crippen molar-refractivity contribution in [1.82, 2.24) is 14.8 Å². The molecule has 0 bridgehead atoms. The van der Waals surface area contributed by atoms with Gasteiger partial charge >= 0.3 is 0 Å². The van der Waals surface area contributed by atoms with E-state index in [-0.39, 0.29) is 4.90 Å². The van der Waals surface area contributed by atoms with Crippen LogP contribution in [0.25, 0.3) is 0 Å². The number of nitrogens with zero attached hydrogens (tertiary/aromatic N) is 3. The van der Waals surface area contributed by atoms with E-state index in [2.05, 4.69) is 14.8 Å². The summed E-state index contributed by atoms with van der Waals surface area (Å²) >= 11 is 0. The summed E-state index contributed by atoms with van der Waals surface area (Å²) < 4.78 is 42.0. The van der Waals surface area contributed by atoms with Crippen LogP contribution in [0.1, 0.15) is 5.56 Å². The second-order valence-electron chi connectivity index (χ2n) is 4.83. The van der Waals surface area contributed by atoms with Crippen molar-refractivity contribution >= 4 is 15.7 Å². The highest BCUT2D eigenvalue weighted by molar-refractivity contribution is 7.92. The van der Waals surface area contributed by atoms with E-state index in [1.807, 2.05) is 0 Å². The molecule has 1 heterocycles. The van der Waals surface area contributed by atoms with Gasteiger partial charge in [0.25, 0.3) is 10.0 Å². The Balaban J connectivity index is 1.76. The molecule has 0 unspecified atom stereocenters. The number of sulfonamides is 1. The standard InChI is InChI=1S/C15H13FN4O2S/c16-14-3-1-2-4-15(14)23(21,22)19-13-7-5-12(6-8-13)9-20-11-17-10-18-20/h1-8,10-11,19H,9H2. The summed E-state index contributed by atoms with van der Waals surface area (Å²) in [4.78, 5) is 3.47. The number of hydrogen-bond acceptors (Lipinski definition) is 4. The zero-order valence-corrected chi connectivity index (χ0v) is 12.7. The van der Waals surface area contributed by atoms with Gasteiger partial charge in [0.05, 0.1) is 6.54 Å². The summed E-state index contributed by atoms with van der Waals surface area (Å²) in [6, 6.07) is 12.0. The second kappa shape index (κ2) is 6.17. The van der Waals surface area contributed by atoms with Crippen molar-refractivity contribution in [3.63, 3.8) is 0 Å². The molecule has 118 valence electrons. The Kier molecular flexibility index (Phi) is 4.07. The zero-order valence-electron chi connectivity index (χ0n) is 11.9. The first-order valence-electron chi connectivity index (χ1n) is 6.73. The number of nitrogens with one attached hydrogen (secondary N) is 1. The van der Waals surface area contributed by atoms with Gasteiger partial charge in [0.2, 0.25) is 0 Å². The van der Waals surface area contributed by atoms with Crippen LogP contribution in [-0.4, -0.2) is 23.2 Å². The molecule has 8 heteroatoms. The first kappa shape index (κ1) is 15.2. The van der Waals surface area contributed by atoms with Crippen LogP contribution in [-0.2, 0) is 16.6 Å². The molecule has 23 heavy (non-hydrogen) atoms. The number of halogens is 1. The lowest BCUT2D eigenvalue weighted by atomic mass is 10.2. The average molecular weight is 332 g/mol. The van der Waals surface area contributed by atoms with Gasteiger partial charge in [-0.05, 0) is 29.8 Å².